The zero-order valence-electron chi connectivity index (χ0n) is 10.9. The predicted molar refractivity (Wildman–Crippen MR) is 69.2 cm³/mol. The first-order valence-corrected chi connectivity index (χ1v) is 7.27. The molecule has 2 heteroatoms. The van der Waals surface area contributed by atoms with Gasteiger partial charge in [0.1, 0.15) is 0 Å². The Kier molecular flexibility index (Phi) is 4.68. The third-order valence-corrected chi connectivity index (χ3v) is 3.97. The van der Waals surface area contributed by atoms with E-state index in [-0.39, 0.29) is 0 Å². The Labute approximate surface area is 100 Å². The van der Waals surface area contributed by atoms with E-state index in [2.05, 4.69) is 16.4 Å². The van der Waals surface area contributed by atoms with Crippen molar-refractivity contribution in [3.8, 4) is 0 Å². The number of hydrogen-bond acceptors (Lipinski definition) is 1. The van der Waals surface area contributed by atoms with Crippen molar-refractivity contribution >= 4 is 5.84 Å². The van der Waals surface area contributed by atoms with E-state index in [0.29, 0.717) is 0 Å². The third-order valence-electron chi connectivity index (χ3n) is 3.97. The minimum absolute atomic E-state index is 1.32. The molecule has 0 bridgehead atoms. The second kappa shape index (κ2) is 6.27. The molecule has 0 atom stereocenters. The SMILES string of the molecule is CCCCCCCCN1CCC[N+]2=C1CC2. The zero-order chi connectivity index (χ0) is 11.2. The van der Waals surface area contributed by atoms with E-state index in [4.69, 9.17) is 0 Å². The lowest BCUT2D eigenvalue weighted by molar-refractivity contribution is -0.564. The van der Waals surface area contributed by atoms with Crippen LogP contribution in [0.4, 0.5) is 0 Å². The Morgan fingerprint density at radius 3 is 2.62 bits per heavy atom. The standard InChI is InChI=1S/C14H27N2/c1-2-3-4-5-6-7-10-15-11-8-12-16-13-9-14(15)16/h2-13H2,1H3/q+1. The quantitative estimate of drug-likeness (QED) is 0.475. The molecule has 2 aliphatic rings. The molecule has 0 aliphatic carbocycles. The highest BCUT2D eigenvalue weighted by molar-refractivity contribution is 5.80. The van der Waals surface area contributed by atoms with E-state index in [1.807, 2.05) is 0 Å². The highest BCUT2D eigenvalue weighted by atomic mass is 15.3. The smallest absolute Gasteiger partial charge is 0.250 e. The number of nitrogens with zero attached hydrogens (tertiary/aromatic N) is 2. The van der Waals surface area contributed by atoms with Crippen LogP contribution in [0.15, 0.2) is 0 Å². The van der Waals surface area contributed by atoms with Crippen LogP contribution in [0.2, 0.25) is 0 Å². The van der Waals surface area contributed by atoms with E-state index in [0.717, 1.165) is 0 Å². The van der Waals surface area contributed by atoms with Crippen LogP contribution in [0, 0.1) is 0 Å². The lowest BCUT2D eigenvalue weighted by atomic mass is 10.1. The molecule has 92 valence electrons. The molecule has 0 spiro atoms. The second-order valence-corrected chi connectivity index (χ2v) is 5.26. The molecule has 0 aromatic carbocycles. The molecule has 2 heterocycles. The average molecular weight is 223 g/mol. The van der Waals surface area contributed by atoms with Gasteiger partial charge in [0.05, 0.1) is 32.6 Å². The molecule has 0 fully saturated rings. The Balaban J connectivity index is 1.58. The van der Waals surface area contributed by atoms with Crippen molar-refractivity contribution < 1.29 is 4.58 Å². The summed E-state index contributed by atoms with van der Waals surface area (Å²) in [7, 11) is 0. The number of amidine groups is 1. The fourth-order valence-electron chi connectivity index (χ4n) is 2.87. The fraction of sp³-hybridized carbons (Fsp3) is 0.929. The molecular weight excluding hydrogens is 196 g/mol. The Bertz CT molecular complexity index is 245. The summed E-state index contributed by atoms with van der Waals surface area (Å²) >= 11 is 0. The van der Waals surface area contributed by atoms with Gasteiger partial charge in [0, 0.05) is 6.42 Å². The Morgan fingerprint density at radius 1 is 1.06 bits per heavy atom. The van der Waals surface area contributed by atoms with Crippen LogP contribution >= 0.6 is 0 Å². The normalized spacial score (nSPS) is 19.7. The van der Waals surface area contributed by atoms with Gasteiger partial charge in [-0.05, 0) is 12.8 Å². The van der Waals surface area contributed by atoms with E-state index < -0.39 is 0 Å². The summed E-state index contributed by atoms with van der Waals surface area (Å²) in [6.07, 6.45) is 11.2. The second-order valence-electron chi connectivity index (χ2n) is 5.26. The predicted octanol–water partition coefficient (Wildman–Crippen LogP) is 2.87. The molecule has 0 saturated carbocycles. The monoisotopic (exact) mass is 223 g/mol. The van der Waals surface area contributed by atoms with E-state index in [9.17, 15) is 0 Å². The van der Waals surface area contributed by atoms with Gasteiger partial charge in [0.15, 0.2) is 0 Å². The van der Waals surface area contributed by atoms with Crippen LogP contribution in [-0.2, 0) is 0 Å². The minimum atomic E-state index is 1.32. The maximum absolute atomic E-state index is 2.65. The molecule has 2 rings (SSSR count). The Hall–Kier alpha value is -0.530. The summed E-state index contributed by atoms with van der Waals surface area (Å²) in [5, 5.41) is 0. The van der Waals surface area contributed by atoms with Crippen LogP contribution in [0.3, 0.4) is 0 Å². The van der Waals surface area contributed by atoms with Crippen molar-refractivity contribution in [2.75, 3.05) is 26.2 Å². The van der Waals surface area contributed by atoms with Gasteiger partial charge in [0.2, 0.25) is 0 Å². The van der Waals surface area contributed by atoms with E-state index in [1.54, 1.807) is 5.84 Å². The number of unbranched alkanes of at least 4 members (excludes halogenated alkanes) is 5. The molecule has 0 radical (unpaired) electrons. The van der Waals surface area contributed by atoms with Gasteiger partial charge < -0.3 is 0 Å². The summed E-state index contributed by atoms with van der Waals surface area (Å²) in [5.41, 5.74) is 0. The maximum atomic E-state index is 2.65. The van der Waals surface area contributed by atoms with Gasteiger partial charge in [0.25, 0.3) is 5.84 Å². The van der Waals surface area contributed by atoms with Crippen LogP contribution in [0.5, 0.6) is 0 Å². The molecule has 0 saturated heterocycles. The first-order valence-electron chi connectivity index (χ1n) is 7.27. The van der Waals surface area contributed by atoms with Crippen molar-refractivity contribution in [2.24, 2.45) is 0 Å². The first-order chi connectivity index (χ1) is 7.92. The number of rotatable bonds is 7. The molecule has 0 aromatic heterocycles. The van der Waals surface area contributed by atoms with Crippen molar-refractivity contribution in [3.63, 3.8) is 0 Å². The van der Waals surface area contributed by atoms with Crippen molar-refractivity contribution in [3.05, 3.63) is 0 Å². The molecule has 0 amide bonds. The highest BCUT2D eigenvalue weighted by Gasteiger charge is 2.33. The maximum Gasteiger partial charge on any atom is 0.250 e. The zero-order valence-corrected chi connectivity index (χ0v) is 10.9. The molecule has 2 aliphatic heterocycles. The summed E-state index contributed by atoms with van der Waals surface area (Å²) in [5.74, 6) is 1.65. The molecular formula is C14H27N2+. The van der Waals surface area contributed by atoms with Crippen LogP contribution in [0.1, 0.15) is 58.3 Å². The largest absolute Gasteiger partial charge is 0.265 e. The van der Waals surface area contributed by atoms with Gasteiger partial charge in [-0.3, -0.25) is 9.48 Å². The van der Waals surface area contributed by atoms with Crippen LogP contribution < -0.4 is 0 Å². The summed E-state index contributed by atoms with van der Waals surface area (Å²) in [6.45, 7) is 7.57. The molecule has 16 heavy (non-hydrogen) atoms. The van der Waals surface area contributed by atoms with E-state index >= 15 is 0 Å². The fourth-order valence-corrected chi connectivity index (χ4v) is 2.87. The lowest BCUT2D eigenvalue weighted by Crippen LogP contribution is -2.51. The highest BCUT2D eigenvalue weighted by Crippen LogP contribution is 2.15. The molecule has 2 nitrogen and oxygen atoms in total. The van der Waals surface area contributed by atoms with Crippen molar-refractivity contribution in [2.45, 2.75) is 58.3 Å². The topological polar surface area (TPSA) is 6.25 Å². The van der Waals surface area contributed by atoms with Gasteiger partial charge in [-0.1, -0.05) is 32.6 Å². The summed E-state index contributed by atoms with van der Waals surface area (Å²) in [6, 6.07) is 0. The lowest BCUT2D eigenvalue weighted by Gasteiger charge is -2.32. The third kappa shape index (κ3) is 2.99. The van der Waals surface area contributed by atoms with Gasteiger partial charge in [-0.25, -0.2) is 0 Å². The number of hydrogen-bond donors (Lipinski definition) is 0. The first kappa shape index (κ1) is 11.9. The van der Waals surface area contributed by atoms with Gasteiger partial charge in [-0.2, -0.15) is 0 Å². The Morgan fingerprint density at radius 2 is 1.88 bits per heavy atom. The van der Waals surface area contributed by atoms with E-state index in [1.165, 1.54) is 77.5 Å². The molecule has 0 aromatic rings. The van der Waals surface area contributed by atoms with Crippen molar-refractivity contribution in [1.29, 1.82) is 0 Å². The van der Waals surface area contributed by atoms with Crippen molar-refractivity contribution in [1.82, 2.24) is 4.90 Å². The molecule has 0 N–H and O–H groups in total. The summed E-state index contributed by atoms with van der Waals surface area (Å²) < 4.78 is 2.57. The minimum Gasteiger partial charge on any atom is -0.265 e. The summed E-state index contributed by atoms with van der Waals surface area (Å²) in [4.78, 5) is 2.65. The van der Waals surface area contributed by atoms with Gasteiger partial charge in [-0.15, -0.1) is 0 Å². The van der Waals surface area contributed by atoms with Crippen LogP contribution in [-0.4, -0.2) is 41.5 Å². The molecule has 0 unspecified atom stereocenters. The van der Waals surface area contributed by atoms with Gasteiger partial charge >= 0.3 is 0 Å². The van der Waals surface area contributed by atoms with Crippen LogP contribution in [0.25, 0.3) is 0 Å². The average Bonchev–Trinajstić information content (AvgIpc) is 2.25.